The van der Waals surface area contributed by atoms with Crippen LogP contribution in [0.15, 0.2) is 34.8 Å². The van der Waals surface area contributed by atoms with Gasteiger partial charge in [0.2, 0.25) is 0 Å². The number of aromatic nitrogens is 1. The molecule has 0 amide bonds. The van der Waals surface area contributed by atoms with Gasteiger partial charge in [0.25, 0.3) is 0 Å². The highest BCUT2D eigenvalue weighted by Gasteiger charge is 2.20. The molecule has 1 fully saturated rings. The lowest BCUT2D eigenvalue weighted by molar-refractivity contribution is 0.215. The zero-order chi connectivity index (χ0) is 14.1. The van der Waals surface area contributed by atoms with Gasteiger partial charge in [-0.25, -0.2) is 4.98 Å². The number of rotatable bonds is 1. The highest BCUT2D eigenvalue weighted by atomic mass is 79.9. The molecule has 2 heterocycles. The first kappa shape index (κ1) is 13.5. The van der Waals surface area contributed by atoms with Gasteiger partial charge in [-0.15, -0.1) is 0 Å². The zero-order valence-electron chi connectivity index (χ0n) is 11.4. The number of hydrogen-bond donors (Lipinski definition) is 1. The van der Waals surface area contributed by atoms with Crippen LogP contribution in [0.5, 0.6) is 0 Å². The molecule has 1 aliphatic heterocycles. The van der Waals surface area contributed by atoms with E-state index in [2.05, 4.69) is 37.8 Å². The van der Waals surface area contributed by atoms with Gasteiger partial charge in [0.15, 0.2) is 0 Å². The number of amidine groups is 1. The van der Waals surface area contributed by atoms with Crippen molar-refractivity contribution in [3.05, 3.63) is 40.5 Å². The normalized spacial score (nSPS) is 16.6. The van der Waals surface area contributed by atoms with Crippen molar-refractivity contribution in [1.29, 1.82) is 5.41 Å². The molecule has 0 saturated carbocycles. The summed E-state index contributed by atoms with van der Waals surface area (Å²) in [5.74, 6) is 0.510. The van der Waals surface area contributed by atoms with Crippen LogP contribution >= 0.6 is 15.9 Å². The molecule has 1 aromatic heterocycles. The quantitative estimate of drug-likeness (QED) is 0.644. The Morgan fingerprint density at radius 3 is 2.65 bits per heavy atom. The van der Waals surface area contributed by atoms with E-state index >= 15 is 0 Å². The molecule has 0 aliphatic carbocycles. The lowest BCUT2D eigenvalue weighted by atomic mass is 10.2. The maximum Gasteiger partial charge on any atom is 0.148 e. The minimum atomic E-state index is 0.510. The molecule has 0 atom stereocenters. The fourth-order valence-corrected chi connectivity index (χ4v) is 2.96. The number of hydrogen-bond acceptors (Lipinski definition) is 3. The third kappa shape index (κ3) is 2.55. The van der Waals surface area contributed by atoms with Crippen LogP contribution in [0, 0.1) is 5.41 Å². The van der Waals surface area contributed by atoms with E-state index in [1.807, 2.05) is 30.3 Å². The first-order valence-corrected chi connectivity index (χ1v) is 7.52. The fourth-order valence-electron chi connectivity index (χ4n) is 2.44. The number of piperazine rings is 1. The molecule has 0 bridgehead atoms. The molecule has 5 heteroatoms. The molecular formula is C15H17BrN4. The Balaban J connectivity index is 1.93. The summed E-state index contributed by atoms with van der Waals surface area (Å²) in [4.78, 5) is 9.03. The monoisotopic (exact) mass is 332 g/mol. The number of nitrogens with zero attached hydrogens (tertiary/aromatic N) is 3. The van der Waals surface area contributed by atoms with Gasteiger partial charge in [0.1, 0.15) is 11.5 Å². The van der Waals surface area contributed by atoms with E-state index < -0.39 is 0 Å². The summed E-state index contributed by atoms with van der Waals surface area (Å²) in [6.07, 6.45) is 0. The topological polar surface area (TPSA) is 43.2 Å². The first-order chi connectivity index (χ1) is 9.65. The van der Waals surface area contributed by atoms with Gasteiger partial charge in [0, 0.05) is 36.0 Å². The Labute approximate surface area is 127 Å². The maximum atomic E-state index is 8.42. The van der Waals surface area contributed by atoms with Crippen LogP contribution in [0.3, 0.4) is 0 Å². The summed E-state index contributed by atoms with van der Waals surface area (Å²) in [5, 5.41) is 9.51. The molecule has 1 saturated heterocycles. The zero-order valence-corrected chi connectivity index (χ0v) is 13.0. The van der Waals surface area contributed by atoms with Crippen LogP contribution in [-0.4, -0.2) is 53.8 Å². The second kappa shape index (κ2) is 5.50. The third-order valence-corrected chi connectivity index (χ3v) is 4.33. The van der Waals surface area contributed by atoms with Gasteiger partial charge >= 0.3 is 0 Å². The molecule has 0 unspecified atom stereocenters. The van der Waals surface area contributed by atoms with Crippen molar-refractivity contribution in [2.75, 3.05) is 33.2 Å². The maximum absolute atomic E-state index is 8.42. The van der Waals surface area contributed by atoms with E-state index in [4.69, 9.17) is 5.41 Å². The van der Waals surface area contributed by atoms with Gasteiger partial charge in [-0.05, 0) is 35.1 Å². The van der Waals surface area contributed by atoms with Gasteiger partial charge < -0.3 is 9.80 Å². The van der Waals surface area contributed by atoms with Crippen molar-refractivity contribution in [3.8, 4) is 0 Å². The van der Waals surface area contributed by atoms with E-state index in [0.717, 1.165) is 47.2 Å². The van der Waals surface area contributed by atoms with Crippen molar-refractivity contribution < 1.29 is 0 Å². The minimum Gasteiger partial charge on any atom is -0.353 e. The molecule has 0 radical (unpaired) electrons. The molecule has 2 aromatic rings. The lowest BCUT2D eigenvalue weighted by Gasteiger charge is -2.34. The number of pyridine rings is 1. The van der Waals surface area contributed by atoms with Crippen LogP contribution in [0.1, 0.15) is 5.69 Å². The van der Waals surface area contributed by atoms with E-state index in [1.54, 1.807) is 0 Å². The summed E-state index contributed by atoms with van der Waals surface area (Å²) in [7, 11) is 2.12. The summed E-state index contributed by atoms with van der Waals surface area (Å²) >= 11 is 3.56. The standard InChI is InChI=1S/C15H17BrN4/c1-19-6-8-20(9-7-19)15(17)14-12(16)10-11-4-2-3-5-13(11)18-14/h2-5,10,17H,6-9H2,1H3. The first-order valence-electron chi connectivity index (χ1n) is 6.73. The van der Waals surface area contributed by atoms with Crippen molar-refractivity contribution in [2.24, 2.45) is 0 Å². The Kier molecular flexibility index (Phi) is 3.72. The van der Waals surface area contributed by atoms with Crippen LogP contribution in [-0.2, 0) is 0 Å². The lowest BCUT2D eigenvalue weighted by Crippen LogP contribution is -2.47. The molecule has 0 spiro atoms. The number of fused-ring (bicyclic) bond motifs is 1. The molecule has 104 valence electrons. The highest BCUT2D eigenvalue weighted by molar-refractivity contribution is 9.10. The summed E-state index contributed by atoms with van der Waals surface area (Å²) in [6.45, 7) is 3.76. The highest BCUT2D eigenvalue weighted by Crippen LogP contribution is 2.22. The van der Waals surface area contributed by atoms with Gasteiger partial charge in [-0.1, -0.05) is 18.2 Å². The number of benzene rings is 1. The predicted molar refractivity (Wildman–Crippen MR) is 85.3 cm³/mol. The smallest absolute Gasteiger partial charge is 0.148 e. The van der Waals surface area contributed by atoms with E-state index in [1.165, 1.54) is 0 Å². The van der Waals surface area contributed by atoms with E-state index in [-0.39, 0.29) is 0 Å². The van der Waals surface area contributed by atoms with Gasteiger partial charge in [0.05, 0.1) is 5.52 Å². The summed E-state index contributed by atoms with van der Waals surface area (Å²) in [6, 6.07) is 10.1. The van der Waals surface area contributed by atoms with Gasteiger partial charge in [-0.3, -0.25) is 5.41 Å². The Bertz CT molecular complexity index is 647. The summed E-state index contributed by atoms with van der Waals surface area (Å²) in [5.41, 5.74) is 1.66. The average Bonchev–Trinajstić information content (AvgIpc) is 2.46. The minimum absolute atomic E-state index is 0.510. The molecule has 20 heavy (non-hydrogen) atoms. The number of halogens is 1. The molecule has 1 aromatic carbocycles. The number of nitrogens with one attached hydrogen (secondary N) is 1. The molecule has 3 rings (SSSR count). The van der Waals surface area contributed by atoms with Crippen LogP contribution in [0.2, 0.25) is 0 Å². The van der Waals surface area contributed by atoms with Crippen LogP contribution in [0.4, 0.5) is 0 Å². The predicted octanol–water partition coefficient (Wildman–Crippen LogP) is 2.57. The Morgan fingerprint density at radius 1 is 1.20 bits per heavy atom. The molecular weight excluding hydrogens is 316 g/mol. The van der Waals surface area contributed by atoms with Crippen molar-refractivity contribution in [2.45, 2.75) is 0 Å². The number of para-hydroxylation sites is 1. The summed E-state index contributed by atoms with van der Waals surface area (Å²) < 4.78 is 0.889. The van der Waals surface area contributed by atoms with Crippen molar-refractivity contribution in [3.63, 3.8) is 0 Å². The molecule has 1 aliphatic rings. The number of likely N-dealkylation sites (N-methyl/N-ethyl adjacent to an activating group) is 1. The SMILES string of the molecule is CN1CCN(C(=N)c2nc3ccccc3cc2Br)CC1. The van der Waals surface area contributed by atoms with Crippen LogP contribution < -0.4 is 0 Å². The van der Waals surface area contributed by atoms with E-state index in [0.29, 0.717) is 5.84 Å². The van der Waals surface area contributed by atoms with Crippen molar-refractivity contribution in [1.82, 2.24) is 14.8 Å². The Hall–Kier alpha value is -1.46. The van der Waals surface area contributed by atoms with Crippen LogP contribution in [0.25, 0.3) is 10.9 Å². The third-order valence-electron chi connectivity index (χ3n) is 3.72. The van der Waals surface area contributed by atoms with Crippen molar-refractivity contribution >= 4 is 32.7 Å². The van der Waals surface area contributed by atoms with Gasteiger partial charge in [-0.2, -0.15) is 0 Å². The fraction of sp³-hybridized carbons (Fsp3) is 0.333. The largest absolute Gasteiger partial charge is 0.353 e. The molecule has 4 nitrogen and oxygen atoms in total. The second-order valence-corrected chi connectivity index (χ2v) is 6.00. The van der Waals surface area contributed by atoms with E-state index in [9.17, 15) is 0 Å². The average molecular weight is 333 g/mol. The second-order valence-electron chi connectivity index (χ2n) is 5.15. The Morgan fingerprint density at radius 2 is 1.90 bits per heavy atom. The molecule has 1 N–H and O–H groups in total.